The average Bonchev–Trinajstić information content (AvgIpc) is 3.38. The fourth-order valence-electron chi connectivity index (χ4n) is 3.94. The molecule has 5 rings (SSSR count). The van der Waals surface area contributed by atoms with Crippen LogP contribution < -0.4 is 0 Å². The SMILES string of the molecule is O=C(c1ccc(Br)o1)N1CCN(Cc2c(-c3ccc(Cl)cc3)nc3ccccn23)CC1. The minimum absolute atomic E-state index is 0.0676. The van der Waals surface area contributed by atoms with Gasteiger partial charge in [-0.05, 0) is 52.3 Å². The van der Waals surface area contributed by atoms with Crippen LogP contribution in [0.15, 0.2) is 69.9 Å². The van der Waals surface area contributed by atoms with Crippen molar-refractivity contribution in [2.45, 2.75) is 6.54 Å². The zero-order chi connectivity index (χ0) is 21.4. The summed E-state index contributed by atoms with van der Waals surface area (Å²) in [5.74, 6) is 0.300. The van der Waals surface area contributed by atoms with Gasteiger partial charge in [0.05, 0.1) is 11.4 Å². The Kier molecular flexibility index (Phi) is 5.56. The molecule has 1 fully saturated rings. The van der Waals surface area contributed by atoms with Gasteiger partial charge in [-0.25, -0.2) is 4.98 Å². The number of furan rings is 1. The third-order valence-electron chi connectivity index (χ3n) is 5.56. The lowest BCUT2D eigenvalue weighted by Gasteiger charge is -2.34. The summed E-state index contributed by atoms with van der Waals surface area (Å²) in [6.07, 6.45) is 2.05. The monoisotopic (exact) mass is 498 g/mol. The number of benzene rings is 1. The number of hydrogen-bond acceptors (Lipinski definition) is 4. The van der Waals surface area contributed by atoms with Crippen molar-refractivity contribution >= 4 is 39.1 Å². The van der Waals surface area contributed by atoms with Gasteiger partial charge in [0.15, 0.2) is 10.4 Å². The molecule has 1 aromatic carbocycles. The normalized spacial score (nSPS) is 15.0. The zero-order valence-corrected chi connectivity index (χ0v) is 19.0. The van der Waals surface area contributed by atoms with Crippen LogP contribution in [0.5, 0.6) is 0 Å². The van der Waals surface area contributed by atoms with Crippen molar-refractivity contribution in [2.24, 2.45) is 0 Å². The summed E-state index contributed by atoms with van der Waals surface area (Å²) in [5.41, 5.74) is 4.05. The highest BCUT2D eigenvalue weighted by atomic mass is 79.9. The third-order valence-corrected chi connectivity index (χ3v) is 6.24. The maximum Gasteiger partial charge on any atom is 0.289 e. The highest BCUT2D eigenvalue weighted by Gasteiger charge is 2.25. The van der Waals surface area contributed by atoms with Crippen LogP contribution >= 0.6 is 27.5 Å². The molecule has 4 heterocycles. The lowest BCUT2D eigenvalue weighted by atomic mass is 10.1. The van der Waals surface area contributed by atoms with E-state index in [1.807, 2.05) is 53.6 Å². The van der Waals surface area contributed by atoms with E-state index in [9.17, 15) is 4.79 Å². The van der Waals surface area contributed by atoms with E-state index in [0.29, 0.717) is 28.5 Å². The summed E-state index contributed by atoms with van der Waals surface area (Å²) in [7, 11) is 0. The lowest BCUT2D eigenvalue weighted by Crippen LogP contribution is -2.48. The molecule has 158 valence electrons. The number of imidazole rings is 1. The molecule has 3 aromatic heterocycles. The largest absolute Gasteiger partial charge is 0.444 e. The Balaban J connectivity index is 1.36. The smallest absolute Gasteiger partial charge is 0.289 e. The molecule has 0 unspecified atom stereocenters. The summed E-state index contributed by atoms with van der Waals surface area (Å²) in [4.78, 5) is 21.7. The summed E-state index contributed by atoms with van der Waals surface area (Å²) in [6, 6.07) is 17.3. The molecule has 1 amide bonds. The van der Waals surface area contributed by atoms with E-state index in [2.05, 4.69) is 25.2 Å². The van der Waals surface area contributed by atoms with Crippen molar-refractivity contribution in [1.29, 1.82) is 0 Å². The Morgan fingerprint density at radius 2 is 1.81 bits per heavy atom. The van der Waals surface area contributed by atoms with Crippen LogP contribution in [0.25, 0.3) is 16.9 Å². The van der Waals surface area contributed by atoms with Gasteiger partial charge < -0.3 is 13.7 Å². The molecule has 4 aromatic rings. The summed E-state index contributed by atoms with van der Waals surface area (Å²) < 4.78 is 8.13. The van der Waals surface area contributed by atoms with Gasteiger partial charge in [0.25, 0.3) is 5.91 Å². The molecule has 31 heavy (non-hydrogen) atoms. The number of nitrogens with zero attached hydrogens (tertiary/aromatic N) is 4. The number of carbonyl (C=O) groups excluding carboxylic acids is 1. The summed E-state index contributed by atoms with van der Waals surface area (Å²) in [5, 5.41) is 0.707. The van der Waals surface area contributed by atoms with Gasteiger partial charge in [-0.1, -0.05) is 29.8 Å². The van der Waals surface area contributed by atoms with Gasteiger partial charge in [0, 0.05) is 49.5 Å². The molecule has 0 aliphatic carbocycles. The maximum absolute atomic E-state index is 12.6. The van der Waals surface area contributed by atoms with Crippen LogP contribution in [0.1, 0.15) is 16.2 Å². The van der Waals surface area contributed by atoms with Gasteiger partial charge in [-0.15, -0.1) is 0 Å². The molecule has 1 aliphatic rings. The van der Waals surface area contributed by atoms with Crippen LogP contribution in [-0.2, 0) is 6.54 Å². The number of halogens is 2. The maximum atomic E-state index is 12.6. The van der Waals surface area contributed by atoms with E-state index >= 15 is 0 Å². The molecular weight excluding hydrogens is 480 g/mol. The Hall–Kier alpha value is -2.61. The molecule has 0 atom stereocenters. The second-order valence-corrected chi connectivity index (χ2v) is 8.73. The molecule has 8 heteroatoms. The Morgan fingerprint density at radius 1 is 1.03 bits per heavy atom. The van der Waals surface area contributed by atoms with Gasteiger partial charge in [-0.3, -0.25) is 9.69 Å². The third kappa shape index (κ3) is 4.13. The van der Waals surface area contributed by atoms with Crippen molar-refractivity contribution in [1.82, 2.24) is 19.2 Å². The number of hydrogen-bond donors (Lipinski definition) is 0. The van der Waals surface area contributed by atoms with E-state index in [-0.39, 0.29) is 5.91 Å². The number of pyridine rings is 1. The van der Waals surface area contributed by atoms with E-state index < -0.39 is 0 Å². The Bertz CT molecular complexity index is 1230. The van der Waals surface area contributed by atoms with E-state index in [4.69, 9.17) is 21.0 Å². The second kappa shape index (κ2) is 8.49. The lowest BCUT2D eigenvalue weighted by molar-refractivity contribution is 0.0595. The number of fused-ring (bicyclic) bond motifs is 1. The minimum Gasteiger partial charge on any atom is -0.444 e. The van der Waals surface area contributed by atoms with E-state index in [1.54, 1.807) is 12.1 Å². The van der Waals surface area contributed by atoms with Crippen LogP contribution in [0, 0.1) is 0 Å². The standard InChI is InChI=1S/C23H20BrClN4O2/c24-20-9-8-19(31-20)23(30)28-13-11-27(12-14-28)15-18-22(16-4-6-17(25)7-5-16)26-21-3-1-2-10-29(18)21/h1-10H,11-15H2. The van der Waals surface area contributed by atoms with Crippen LogP contribution in [0.4, 0.5) is 0 Å². The fourth-order valence-corrected chi connectivity index (χ4v) is 4.38. The molecule has 0 saturated carbocycles. The molecule has 1 aliphatic heterocycles. The number of piperazine rings is 1. The Labute approximate surface area is 193 Å². The van der Waals surface area contributed by atoms with Gasteiger partial charge in [-0.2, -0.15) is 0 Å². The number of aromatic nitrogens is 2. The van der Waals surface area contributed by atoms with Crippen LogP contribution in [-0.4, -0.2) is 51.3 Å². The quantitative estimate of drug-likeness (QED) is 0.398. The molecule has 0 bridgehead atoms. The number of rotatable bonds is 4. The molecule has 0 spiro atoms. The van der Waals surface area contributed by atoms with E-state index in [1.165, 1.54) is 0 Å². The fraction of sp³-hybridized carbons (Fsp3) is 0.217. The molecule has 1 saturated heterocycles. The summed E-state index contributed by atoms with van der Waals surface area (Å²) >= 11 is 9.34. The van der Waals surface area contributed by atoms with Crippen molar-refractivity contribution in [3.05, 3.63) is 81.9 Å². The highest BCUT2D eigenvalue weighted by molar-refractivity contribution is 9.10. The first-order valence-corrected chi connectivity index (χ1v) is 11.2. The highest BCUT2D eigenvalue weighted by Crippen LogP contribution is 2.27. The van der Waals surface area contributed by atoms with Gasteiger partial charge in [0.1, 0.15) is 5.65 Å². The predicted molar refractivity (Wildman–Crippen MR) is 123 cm³/mol. The minimum atomic E-state index is -0.0676. The first-order chi connectivity index (χ1) is 15.1. The van der Waals surface area contributed by atoms with Crippen molar-refractivity contribution in [2.75, 3.05) is 26.2 Å². The van der Waals surface area contributed by atoms with Crippen LogP contribution in [0.2, 0.25) is 5.02 Å². The first kappa shape index (κ1) is 20.3. The average molecular weight is 500 g/mol. The second-order valence-electron chi connectivity index (χ2n) is 7.51. The van der Waals surface area contributed by atoms with Gasteiger partial charge in [0.2, 0.25) is 0 Å². The summed E-state index contributed by atoms with van der Waals surface area (Å²) in [6.45, 7) is 3.63. The Morgan fingerprint density at radius 3 is 2.52 bits per heavy atom. The predicted octanol–water partition coefficient (Wildman–Crippen LogP) is 4.97. The van der Waals surface area contributed by atoms with Crippen molar-refractivity contribution in [3.63, 3.8) is 0 Å². The first-order valence-electron chi connectivity index (χ1n) is 10.1. The number of amides is 1. The topological polar surface area (TPSA) is 54.0 Å². The van der Waals surface area contributed by atoms with Crippen molar-refractivity contribution in [3.8, 4) is 11.3 Å². The number of carbonyl (C=O) groups is 1. The van der Waals surface area contributed by atoms with Crippen LogP contribution in [0.3, 0.4) is 0 Å². The van der Waals surface area contributed by atoms with Crippen molar-refractivity contribution < 1.29 is 9.21 Å². The molecular formula is C23H20BrClN4O2. The molecule has 0 radical (unpaired) electrons. The molecule has 0 N–H and O–H groups in total. The zero-order valence-electron chi connectivity index (χ0n) is 16.7. The van der Waals surface area contributed by atoms with E-state index in [0.717, 1.165) is 42.2 Å². The van der Waals surface area contributed by atoms with Gasteiger partial charge >= 0.3 is 0 Å². The molecule has 6 nitrogen and oxygen atoms in total.